The van der Waals surface area contributed by atoms with Crippen LogP contribution in [0.3, 0.4) is 0 Å². The second-order valence-corrected chi connectivity index (χ2v) is 4.74. The number of carbonyl (C=O) groups excluding carboxylic acids is 1. The molecule has 1 aliphatic heterocycles. The predicted octanol–water partition coefficient (Wildman–Crippen LogP) is 2.30. The minimum absolute atomic E-state index is 0.0133. The highest BCUT2D eigenvalue weighted by Crippen LogP contribution is 2.43. The normalized spacial score (nSPS) is 15.9. The predicted molar refractivity (Wildman–Crippen MR) is 72.7 cm³/mol. The van der Waals surface area contributed by atoms with Gasteiger partial charge in [-0.3, -0.25) is 4.79 Å². The molecule has 1 aromatic carbocycles. The lowest BCUT2D eigenvalue weighted by molar-refractivity contribution is -0.113. The van der Waals surface area contributed by atoms with Crippen LogP contribution < -0.4 is 10.5 Å². The zero-order valence-electron chi connectivity index (χ0n) is 11.2. The van der Waals surface area contributed by atoms with Crippen molar-refractivity contribution in [2.75, 3.05) is 13.3 Å². The van der Waals surface area contributed by atoms with Gasteiger partial charge in [-0.1, -0.05) is 18.2 Å². The Morgan fingerprint density at radius 3 is 2.57 bits per heavy atom. The van der Waals surface area contributed by atoms with E-state index in [1.807, 2.05) is 6.07 Å². The van der Waals surface area contributed by atoms with Crippen molar-refractivity contribution in [1.82, 2.24) is 0 Å². The van der Waals surface area contributed by atoms with Crippen LogP contribution in [-0.2, 0) is 4.79 Å². The standard InChI is InChI=1S/C15H14F2N2O2/c16-8-15(9-17)11(5-3-7-18)13(14(19)20)10-4-1-2-6-12(10)21-15/h1-2,4,6H,3,5,8-9H2,(H2,19,20). The van der Waals surface area contributed by atoms with Gasteiger partial charge in [-0.25, -0.2) is 8.78 Å². The van der Waals surface area contributed by atoms with Crippen LogP contribution in [-0.4, -0.2) is 24.9 Å². The number of hydrogen-bond donors (Lipinski definition) is 1. The summed E-state index contributed by atoms with van der Waals surface area (Å²) in [5.41, 5.74) is 4.07. The van der Waals surface area contributed by atoms with Crippen molar-refractivity contribution in [2.24, 2.45) is 5.73 Å². The third-order valence-electron chi connectivity index (χ3n) is 3.48. The Bertz CT molecular complexity index is 631. The van der Waals surface area contributed by atoms with E-state index in [0.717, 1.165) is 0 Å². The number of rotatable bonds is 5. The Balaban J connectivity index is 2.71. The number of carbonyl (C=O) groups is 1. The Morgan fingerprint density at radius 2 is 2.00 bits per heavy atom. The molecule has 0 spiro atoms. The molecule has 0 unspecified atom stereocenters. The zero-order valence-corrected chi connectivity index (χ0v) is 11.2. The first-order valence-corrected chi connectivity index (χ1v) is 6.40. The largest absolute Gasteiger partial charge is 0.477 e. The van der Waals surface area contributed by atoms with Gasteiger partial charge in [0.05, 0.1) is 11.6 Å². The molecular weight excluding hydrogens is 278 g/mol. The molecule has 0 fully saturated rings. The number of halogens is 2. The summed E-state index contributed by atoms with van der Waals surface area (Å²) in [6.45, 7) is -2.29. The van der Waals surface area contributed by atoms with Gasteiger partial charge in [0.1, 0.15) is 19.1 Å². The average molecular weight is 292 g/mol. The molecule has 2 N–H and O–H groups in total. The Hall–Kier alpha value is -2.42. The van der Waals surface area contributed by atoms with E-state index in [1.54, 1.807) is 18.2 Å². The van der Waals surface area contributed by atoms with Crippen LogP contribution in [0, 0.1) is 11.3 Å². The van der Waals surface area contributed by atoms with Gasteiger partial charge in [0.2, 0.25) is 5.91 Å². The second kappa shape index (κ2) is 5.92. The van der Waals surface area contributed by atoms with Gasteiger partial charge < -0.3 is 10.5 Å². The summed E-state index contributed by atoms with van der Waals surface area (Å²) in [6.07, 6.45) is 0.0380. The number of nitrogens with two attached hydrogens (primary N) is 1. The van der Waals surface area contributed by atoms with E-state index in [-0.39, 0.29) is 29.7 Å². The summed E-state index contributed by atoms with van der Waals surface area (Å²) in [5, 5.41) is 8.72. The summed E-state index contributed by atoms with van der Waals surface area (Å²) >= 11 is 0. The maximum atomic E-state index is 13.5. The first kappa shape index (κ1) is 15.0. The van der Waals surface area contributed by atoms with E-state index in [2.05, 4.69) is 0 Å². The highest BCUT2D eigenvalue weighted by molar-refractivity contribution is 6.21. The van der Waals surface area contributed by atoms with E-state index in [1.165, 1.54) is 6.07 Å². The molecule has 21 heavy (non-hydrogen) atoms. The number of fused-ring (bicyclic) bond motifs is 1. The molecule has 1 amide bonds. The van der Waals surface area contributed by atoms with Crippen molar-refractivity contribution >= 4 is 11.5 Å². The second-order valence-electron chi connectivity index (χ2n) is 4.74. The molecule has 0 radical (unpaired) electrons. The first-order chi connectivity index (χ1) is 10.1. The Kier molecular flexibility index (Phi) is 4.22. The molecule has 0 aliphatic carbocycles. The van der Waals surface area contributed by atoms with Crippen molar-refractivity contribution in [1.29, 1.82) is 5.26 Å². The summed E-state index contributed by atoms with van der Waals surface area (Å²) in [5.74, 6) is -0.577. The molecule has 6 heteroatoms. The number of nitrogens with zero attached hydrogens (tertiary/aromatic N) is 1. The van der Waals surface area contributed by atoms with Crippen LogP contribution in [0.2, 0.25) is 0 Å². The van der Waals surface area contributed by atoms with Gasteiger partial charge in [-0.2, -0.15) is 5.26 Å². The fourth-order valence-electron chi connectivity index (χ4n) is 2.49. The van der Waals surface area contributed by atoms with E-state index in [0.29, 0.717) is 5.56 Å². The molecule has 1 heterocycles. The van der Waals surface area contributed by atoms with Crippen molar-refractivity contribution in [3.8, 4) is 11.8 Å². The fourth-order valence-corrected chi connectivity index (χ4v) is 2.49. The lowest BCUT2D eigenvalue weighted by atomic mass is 9.82. The molecule has 0 saturated carbocycles. The summed E-state index contributed by atoms with van der Waals surface area (Å²) < 4.78 is 32.5. The number of benzene rings is 1. The Morgan fingerprint density at radius 1 is 1.33 bits per heavy atom. The molecule has 4 nitrogen and oxygen atoms in total. The van der Waals surface area contributed by atoms with Crippen LogP contribution in [0.1, 0.15) is 18.4 Å². The van der Waals surface area contributed by atoms with E-state index < -0.39 is 24.9 Å². The van der Waals surface area contributed by atoms with Gasteiger partial charge in [0, 0.05) is 12.0 Å². The minimum atomic E-state index is -1.88. The molecule has 0 atom stereocenters. The van der Waals surface area contributed by atoms with Crippen molar-refractivity contribution in [3.63, 3.8) is 0 Å². The number of hydrogen-bond acceptors (Lipinski definition) is 3. The maximum absolute atomic E-state index is 13.5. The third kappa shape index (κ3) is 2.47. The van der Waals surface area contributed by atoms with Crippen molar-refractivity contribution < 1.29 is 18.3 Å². The van der Waals surface area contributed by atoms with Crippen LogP contribution in [0.25, 0.3) is 5.57 Å². The molecular formula is C15H14F2N2O2. The average Bonchev–Trinajstić information content (AvgIpc) is 2.51. The summed E-state index contributed by atoms with van der Waals surface area (Å²) in [6, 6.07) is 8.33. The van der Waals surface area contributed by atoms with Gasteiger partial charge in [0.25, 0.3) is 0 Å². The van der Waals surface area contributed by atoms with Crippen LogP contribution in [0.5, 0.6) is 5.75 Å². The first-order valence-electron chi connectivity index (χ1n) is 6.40. The van der Waals surface area contributed by atoms with Crippen molar-refractivity contribution in [2.45, 2.75) is 18.4 Å². The third-order valence-corrected chi connectivity index (χ3v) is 3.48. The number of alkyl halides is 2. The highest BCUT2D eigenvalue weighted by atomic mass is 19.1. The maximum Gasteiger partial charge on any atom is 0.249 e. The highest BCUT2D eigenvalue weighted by Gasteiger charge is 2.44. The smallest absolute Gasteiger partial charge is 0.249 e. The SMILES string of the molecule is N#CCCC1=C(C(N)=O)c2ccccc2OC1(CF)CF. The number of primary amides is 1. The molecule has 110 valence electrons. The van der Waals surface area contributed by atoms with Gasteiger partial charge in [-0.15, -0.1) is 0 Å². The molecule has 0 saturated heterocycles. The quantitative estimate of drug-likeness (QED) is 0.904. The van der Waals surface area contributed by atoms with Crippen molar-refractivity contribution in [3.05, 3.63) is 35.4 Å². The molecule has 1 aliphatic rings. The van der Waals surface area contributed by atoms with Crippen LogP contribution in [0.4, 0.5) is 8.78 Å². The van der Waals surface area contributed by atoms with E-state index >= 15 is 0 Å². The van der Waals surface area contributed by atoms with Crippen LogP contribution in [0.15, 0.2) is 29.8 Å². The van der Waals surface area contributed by atoms with Gasteiger partial charge >= 0.3 is 0 Å². The van der Waals surface area contributed by atoms with Gasteiger partial charge in [0.15, 0.2) is 5.60 Å². The monoisotopic (exact) mass is 292 g/mol. The Labute approximate surface area is 120 Å². The lowest BCUT2D eigenvalue weighted by Gasteiger charge is -2.37. The molecule has 0 aromatic heterocycles. The summed E-state index contributed by atoms with van der Waals surface area (Å²) in [4.78, 5) is 11.8. The number of ether oxygens (including phenoxy) is 1. The molecule has 0 bridgehead atoms. The zero-order chi connectivity index (χ0) is 15.5. The van der Waals surface area contributed by atoms with E-state index in [9.17, 15) is 13.6 Å². The number of amides is 1. The fraction of sp³-hybridized carbons (Fsp3) is 0.333. The topological polar surface area (TPSA) is 76.1 Å². The summed E-state index contributed by atoms with van der Waals surface area (Å²) in [7, 11) is 0. The minimum Gasteiger partial charge on any atom is -0.477 e. The lowest BCUT2D eigenvalue weighted by Crippen LogP contribution is -2.47. The van der Waals surface area contributed by atoms with Gasteiger partial charge in [-0.05, 0) is 18.1 Å². The van der Waals surface area contributed by atoms with Crippen LogP contribution >= 0.6 is 0 Å². The number of para-hydroxylation sites is 1. The number of nitriles is 1. The molecule has 1 aromatic rings. The van der Waals surface area contributed by atoms with E-state index in [4.69, 9.17) is 15.7 Å². The molecule has 2 rings (SSSR count).